The van der Waals surface area contributed by atoms with Crippen molar-refractivity contribution in [2.24, 2.45) is 0 Å². The summed E-state index contributed by atoms with van der Waals surface area (Å²) < 4.78 is 1.71. The van der Waals surface area contributed by atoms with Gasteiger partial charge in [-0.05, 0) is 29.8 Å². The molecule has 2 aromatic heterocycles. The maximum atomic E-state index is 12.0. The summed E-state index contributed by atoms with van der Waals surface area (Å²) in [5, 5.41) is 6.72. The number of aromatic amines is 1. The maximum absolute atomic E-state index is 12.0. The Morgan fingerprint density at radius 3 is 2.73 bits per heavy atom. The monoisotopic (exact) mass is 295 g/mol. The predicted molar refractivity (Wildman–Crippen MR) is 80.6 cm³/mol. The summed E-state index contributed by atoms with van der Waals surface area (Å²) >= 11 is 0. The third kappa shape index (κ3) is 3.09. The Morgan fingerprint density at radius 1 is 1.23 bits per heavy atom. The Morgan fingerprint density at radius 2 is 2.05 bits per heavy atom. The minimum Gasteiger partial charge on any atom is -0.328 e. The highest BCUT2D eigenvalue weighted by atomic mass is 16.2. The minimum atomic E-state index is -0.439. The Balaban J connectivity index is 1.70. The molecular weight excluding hydrogens is 282 g/mol. The van der Waals surface area contributed by atoms with E-state index in [1.54, 1.807) is 29.2 Å². The highest BCUT2D eigenvalue weighted by molar-refractivity contribution is 6.03. The van der Waals surface area contributed by atoms with Crippen molar-refractivity contribution >= 4 is 11.6 Å². The highest BCUT2D eigenvalue weighted by Crippen LogP contribution is 2.11. The van der Waals surface area contributed by atoms with Crippen molar-refractivity contribution in [3.63, 3.8) is 0 Å². The molecule has 0 unspecified atom stereocenters. The Hall–Kier alpha value is -3.22. The zero-order valence-corrected chi connectivity index (χ0v) is 11.6. The fourth-order valence-corrected chi connectivity index (χ4v) is 1.99. The minimum absolute atomic E-state index is 0.0780. The third-order valence-corrected chi connectivity index (χ3v) is 3.09. The zero-order chi connectivity index (χ0) is 15.4. The number of rotatable bonds is 4. The van der Waals surface area contributed by atoms with E-state index in [1.165, 1.54) is 18.6 Å². The van der Waals surface area contributed by atoms with Crippen molar-refractivity contribution < 1.29 is 4.79 Å². The molecule has 0 saturated heterocycles. The van der Waals surface area contributed by atoms with E-state index in [1.807, 2.05) is 12.1 Å². The van der Waals surface area contributed by atoms with E-state index in [-0.39, 0.29) is 5.56 Å². The van der Waals surface area contributed by atoms with E-state index in [0.29, 0.717) is 12.2 Å². The van der Waals surface area contributed by atoms with Gasteiger partial charge in [0.2, 0.25) is 0 Å². The number of carbonyl (C=O) groups is 1. The lowest BCUT2D eigenvalue weighted by atomic mass is 10.2. The second kappa shape index (κ2) is 6.04. The lowest BCUT2D eigenvalue weighted by Gasteiger charge is -2.06. The highest BCUT2D eigenvalue weighted by Gasteiger charge is 2.09. The number of hydrogen-bond acceptors (Lipinski definition) is 4. The first kappa shape index (κ1) is 13.7. The molecule has 7 heteroatoms. The van der Waals surface area contributed by atoms with Crippen LogP contribution in [0, 0.1) is 0 Å². The first-order chi connectivity index (χ1) is 10.7. The zero-order valence-electron chi connectivity index (χ0n) is 11.6. The van der Waals surface area contributed by atoms with E-state index in [2.05, 4.69) is 20.4 Å². The molecule has 0 bridgehead atoms. The fraction of sp³-hybridized carbons (Fsp3) is 0.0667. The van der Waals surface area contributed by atoms with E-state index < -0.39 is 11.5 Å². The van der Waals surface area contributed by atoms with E-state index in [4.69, 9.17) is 0 Å². The van der Waals surface area contributed by atoms with E-state index in [0.717, 1.165) is 5.56 Å². The smallest absolute Gasteiger partial charge is 0.261 e. The number of nitrogens with zero attached hydrogens (tertiary/aromatic N) is 3. The van der Waals surface area contributed by atoms with Crippen molar-refractivity contribution in [3.8, 4) is 0 Å². The first-order valence-electron chi connectivity index (χ1n) is 6.63. The summed E-state index contributed by atoms with van der Waals surface area (Å²) in [4.78, 5) is 29.9. The van der Waals surface area contributed by atoms with Gasteiger partial charge in [0.1, 0.15) is 18.2 Å². The number of carbonyl (C=O) groups excluding carboxylic acids is 1. The lowest BCUT2D eigenvalue weighted by Crippen LogP contribution is -2.22. The molecule has 1 aromatic carbocycles. The molecule has 22 heavy (non-hydrogen) atoms. The number of pyridine rings is 1. The third-order valence-electron chi connectivity index (χ3n) is 3.09. The van der Waals surface area contributed by atoms with Crippen LogP contribution < -0.4 is 10.9 Å². The number of hydrogen-bond donors (Lipinski definition) is 2. The number of nitrogens with one attached hydrogen (secondary N) is 2. The lowest BCUT2D eigenvalue weighted by molar-refractivity contribution is 0.102. The molecule has 0 aliphatic carbocycles. The van der Waals surface area contributed by atoms with Gasteiger partial charge in [0, 0.05) is 11.9 Å². The van der Waals surface area contributed by atoms with Gasteiger partial charge in [-0.25, -0.2) is 9.67 Å². The summed E-state index contributed by atoms with van der Waals surface area (Å²) in [7, 11) is 0. The topological polar surface area (TPSA) is 92.7 Å². The molecule has 0 saturated carbocycles. The van der Waals surface area contributed by atoms with E-state index >= 15 is 0 Å². The normalized spacial score (nSPS) is 10.4. The van der Waals surface area contributed by atoms with Gasteiger partial charge in [0.05, 0.1) is 6.54 Å². The van der Waals surface area contributed by atoms with E-state index in [9.17, 15) is 9.59 Å². The van der Waals surface area contributed by atoms with Crippen molar-refractivity contribution in [2.45, 2.75) is 6.54 Å². The molecule has 0 atom stereocenters. The van der Waals surface area contributed by atoms with Crippen LogP contribution in [-0.2, 0) is 6.54 Å². The molecule has 3 rings (SSSR count). The second-order valence-corrected chi connectivity index (χ2v) is 4.66. The standard InChI is InChI=1S/C15H13N5O2/c21-14-13(2-1-7-17-14)15(22)19-12-5-3-11(4-6-12)8-20-10-16-9-18-20/h1-7,9-10H,8H2,(H,17,21)(H,19,22). The van der Waals surface area contributed by atoms with Gasteiger partial charge < -0.3 is 10.3 Å². The Bertz CT molecular complexity index is 822. The summed E-state index contributed by atoms with van der Waals surface area (Å²) in [6.45, 7) is 0.604. The van der Waals surface area contributed by atoms with Crippen molar-refractivity contribution in [1.29, 1.82) is 0 Å². The van der Waals surface area contributed by atoms with Crippen LogP contribution in [0.5, 0.6) is 0 Å². The summed E-state index contributed by atoms with van der Waals surface area (Å²) in [5.74, 6) is -0.439. The number of H-pyrrole nitrogens is 1. The van der Waals surface area contributed by atoms with Crippen molar-refractivity contribution in [2.75, 3.05) is 5.32 Å². The van der Waals surface area contributed by atoms with Crippen LogP contribution in [0.4, 0.5) is 5.69 Å². The number of benzene rings is 1. The van der Waals surface area contributed by atoms with Crippen LogP contribution in [0.25, 0.3) is 0 Å². The molecule has 0 radical (unpaired) electrons. The molecule has 3 aromatic rings. The van der Waals surface area contributed by atoms with Gasteiger partial charge in [0.15, 0.2) is 0 Å². The van der Waals surface area contributed by atoms with Gasteiger partial charge >= 0.3 is 0 Å². The van der Waals surface area contributed by atoms with Gasteiger partial charge in [-0.3, -0.25) is 9.59 Å². The largest absolute Gasteiger partial charge is 0.328 e. The van der Waals surface area contributed by atoms with Crippen LogP contribution in [0.2, 0.25) is 0 Å². The SMILES string of the molecule is O=C(Nc1ccc(Cn2cncn2)cc1)c1ccc[nH]c1=O. The molecule has 110 valence electrons. The van der Waals surface area contributed by atoms with Crippen LogP contribution in [0.15, 0.2) is 60.0 Å². The number of amides is 1. The Labute approximate surface area is 125 Å². The van der Waals surface area contributed by atoms with Crippen molar-refractivity contribution in [1.82, 2.24) is 19.7 Å². The average molecular weight is 295 g/mol. The molecule has 0 aliphatic heterocycles. The molecule has 0 spiro atoms. The summed E-state index contributed by atoms with van der Waals surface area (Å²) in [6, 6.07) is 10.4. The molecule has 0 fully saturated rings. The van der Waals surface area contributed by atoms with Crippen LogP contribution in [-0.4, -0.2) is 25.7 Å². The fourth-order valence-electron chi connectivity index (χ4n) is 1.99. The second-order valence-electron chi connectivity index (χ2n) is 4.66. The molecule has 1 amide bonds. The van der Waals surface area contributed by atoms with Gasteiger partial charge in [-0.1, -0.05) is 12.1 Å². The summed E-state index contributed by atoms with van der Waals surface area (Å²) in [5.41, 5.74) is 1.31. The van der Waals surface area contributed by atoms with Crippen LogP contribution >= 0.6 is 0 Å². The molecular formula is C15H13N5O2. The van der Waals surface area contributed by atoms with Gasteiger partial charge in [-0.15, -0.1) is 0 Å². The molecule has 7 nitrogen and oxygen atoms in total. The molecule has 2 heterocycles. The Kier molecular flexibility index (Phi) is 3.78. The van der Waals surface area contributed by atoms with Crippen LogP contribution in [0.1, 0.15) is 15.9 Å². The summed E-state index contributed by atoms with van der Waals surface area (Å²) in [6.07, 6.45) is 4.60. The maximum Gasteiger partial charge on any atom is 0.261 e. The number of aromatic nitrogens is 4. The first-order valence-corrected chi connectivity index (χ1v) is 6.63. The predicted octanol–water partition coefficient (Wildman–Crippen LogP) is 1.27. The average Bonchev–Trinajstić information content (AvgIpc) is 3.02. The van der Waals surface area contributed by atoms with Crippen molar-refractivity contribution in [3.05, 3.63) is 76.7 Å². The quantitative estimate of drug-likeness (QED) is 0.758. The number of anilines is 1. The molecule has 2 N–H and O–H groups in total. The van der Waals surface area contributed by atoms with Gasteiger partial charge in [0.25, 0.3) is 11.5 Å². The molecule has 0 aliphatic rings. The van der Waals surface area contributed by atoms with Gasteiger partial charge in [-0.2, -0.15) is 5.10 Å². The van der Waals surface area contributed by atoms with Crippen LogP contribution in [0.3, 0.4) is 0 Å².